The summed E-state index contributed by atoms with van der Waals surface area (Å²) >= 11 is 0. The van der Waals surface area contributed by atoms with Crippen LogP contribution in [0.4, 0.5) is 0 Å². The lowest BCUT2D eigenvalue weighted by molar-refractivity contribution is -0.132. The summed E-state index contributed by atoms with van der Waals surface area (Å²) in [4.78, 5) is 30.5. The molecule has 5 rings (SSSR count). The van der Waals surface area contributed by atoms with Crippen LogP contribution < -0.4 is 0 Å². The predicted octanol–water partition coefficient (Wildman–Crippen LogP) is 6.00. The van der Waals surface area contributed by atoms with Gasteiger partial charge in [-0.15, -0.1) is 0 Å². The summed E-state index contributed by atoms with van der Waals surface area (Å²) in [6.07, 6.45) is 8.96. The number of carbonyl (C=O) groups excluding carboxylic acids is 1. The Morgan fingerprint density at radius 2 is 1.82 bits per heavy atom. The fraction of sp³-hybridized carbons (Fsp3) is 0.364. The molecule has 1 aromatic heterocycles. The maximum absolute atomic E-state index is 13.2. The SMILES string of the molecule is COC1=NC=CCC(C)C(N2CCN(C(=O)CCCc3[nH]c(-c4cccc(C)c4)nc3-c3ccccc3)CC2)=C1. The van der Waals surface area contributed by atoms with Crippen molar-refractivity contribution in [1.82, 2.24) is 19.8 Å². The molecule has 7 heteroatoms. The summed E-state index contributed by atoms with van der Waals surface area (Å²) in [7, 11) is 1.65. The Morgan fingerprint density at radius 3 is 2.58 bits per heavy atom. The second kappa shape index (κ2) is 12.8. The van der Waals surface area contributed by atoms with Crippen LogP contribution in [-0.4, -0.2) is 64.9 Å². The van der Waals surface area contributed by atoms with E-state index >= 15 is 0 Å². The minimum atomic E-state index is 0.223. The lowest BCUT2D eigenvalue weighted by Crippen LogP contribution is -2.49. The van der Waals surface area contributed by atoms with E-state index in [2.05, 4.69) is 71.2 Å². The Hall–Kier alpha value is -4.13. The Kier molecular flexibility index (Phi) is 8.79. The number of imidazole rings is 1. The molecule has 40 heavy (non-hydrogen) atoms. The standard InChI is InChI=1S/C33H39N5O2/c1-24-10-7-14-27(22-24)33-35-28(32(36-33)26-12-5-4-6-13-26)15-8-16-31(39)38-20-18-37(19-21-38)29-23-30(40-3)34-17-9-11-25(29)2/h4-7,9-10,12-14,17,22-23,25H,8,11,15-16,18-21H2,1-3H3,(H,35,36). The maximum atomic E-state index is 13.2. The first-order valence-corrected chi connectivity index (χ1v) is 14.2. The van der Waals surface area contributed by atoms with Crippen LogP contribution >= 0.6 is 0 Å². The van der Waals surface area contributed by atoms with Gasteiger partial charge >= 0.3 is 0 Å². The van der Waals surface area contributed by atoms with Crippen molar-refractivity contribution in [2.24, 2.45) is 10.9 Å². The number of methoxy groups -OCH3 is 1. The molecule has 0 bridgehead atoms. The molecule has 1 atom stereocenters. The maximum Gasteiger partial charge on any atom is 0.222 e. The molecule has 2 aromatic carbocycles. The van der Waals surface area contributed by atoms with Gasteiger partial charge in [0.1, 0.15) is 5.82 Å². The van der Waals surface area contributed by atoms with E-state index in [1.165, 1.54) is 11.3 Å². The average molecular weight is 538 g/mol. The average Bonchev–Trinajstić information content (AvgIpc) is 3.40. The van der Waals surface area contributed by atoms with Gasteiger partial charge in [-0.05, 0) is 38.2 Å². The number of hydrogen-bond acceptors (Lipinski definition) is 5. The summed E-state index contributed by atoms with van der Waals surface area (Å²) < 4.78 is 5.43. The zero-order valence-electron chi connectivity index (χ0n) is 23.8. The molecule has 0 radical (unpaired) electrons. The summed E-state index contributed by atoms with van der Waals surface area (Å²) in [5.41, 5.74) is 6.64. The molecule has 208 valence electrons. The molecule has 0 spiro atoms. The lowest BCUT2D eigenvalue weighted by atomic mass is 10.0. The van der Waals surface area contributed by atoms with E-state index in [1.54, 1.807) is 7.11 Å². The molecular formula is C33H39N5O2. The van der Waals surface area contributed by atoms with Crippen molar-refractivity contribution in [3.05, 3.63) is 89.9 Å². The number of aromatic nitrogens is 2. The third-order valence-corrected chi connectivity index (χ3v) is 7.71. The van der Waals surface area contributed by atoms with Gasteiger partial charge in [0, 0.05) is 67.4 Å². The van der Waals surface area contributed by atoms with E-state index in [-0.39, 0.29) is 5.91 Å². The first kappa shape index (κ1) is 27.4. The lowest BCUT2D eigenvalue weighted by Gasteiger charge is -2.39. The zero-order chi connectivity index (χ0) is 27.9. The fourth-order valence-corrected chi connectivity index (χ4v) is 5.48. The molecule has 1 unspecified atom stereocenters. The molecule has 2 aliphatic heterocycles. The number of piperazine rings is 1. The van der Waals surface area contributed by atoms with E-state index in [4.69, 9.17) is 9.72 Å². The monoisotopic (exact) mass is 537 g/mol. The number of nitrogens with one attached hydrogen (secondary N) is 1. The van der Waals surface area contributed by atoms with Gasteiger partial charge in [0.05, 0.1) is 12.8 Å². The normalized spacial score (nSPS) is 17.6. The molecule has 3 heterocycles. The highest BCUT2D eigenvalue weighted by Gasteiger charge is 2.25. The number of nitrogens with zero attached hydrogens (tertiary/aromatic N) is 4. The van der Waals surface area contributed by atoms with Crippen molar-refractivity contribution in [2.75, 3.05) is 33.3 Å². The van der Waals surface area contributed by atoms with Gasteiger partial charge in [-0.3, -0.25) is 4.79 Å². The number of benzene rings is 2. The minimum Gasteiger partial charge on any atom is -0.481 e. The molecule has 7 nitrogen and oxygen atoms in total. The molecule has 3 aromatic rings. The predicted molar refractivity (Wildman–Crippen MR) is 161 cm³/mol. The third-order valence-electron chi connectivity index (χ3n) is 7.71. The number of hydrogen-bond donors (Lipinski definition) is 1. The number of allylic oxidation sites excluding steroid dienone is 2. The largest absolute Gasteiger partial charge is 0.481 e. The van der Waals surface area contributed by atoms with Crippen LogP contribution in [0.2, 0.25) is 0 Å². The van der Waals surface area contributed by atoms with Crippen molar-refractivity contribution < 1.29 is 9.53 Å². The minimum absolute atomic E-state index is 0.223. The second-order valence-corrected chi connectivity index (χ2v) is 10.6. The van der Waals surface area contributed by atoms with Gasteiger partial charge in [0.25, 0.3) is 0 Å². The van der Waals surface area contributed by atoms with Gasteiger partial charge in [0.2, 0.25) is 11.8 Å². The topological polar surface area (TPSA) is 73.8 Å². The Balaban J connectivity index is 1.20. The number of aliphatic imine (C=N–C) groups is 1. The molecule has 1 saturated heterocycles. The van der Waals surface area contributed by atoms with Crippen molar-refractivity contribution >= 4 is 11.8 Å². The van der Waals surface area contributed by atoms with Crippen LogP contribution in [0.25, 0.3) is 22.6 Å². The van der Waals surface area contributed by atoms with Crippen molar-refractivity contribution in [2.45, 2.75) is 39.5 Å². The Bertz CT molecular complexity index is 1400. The van der Waals surface area contributed by atoms with Gasteiger partial charge in [-0.1, -0.05) is 67.1 Å². The first-order valence-electron chi connectivity index (χ1n) is 14.2. The molecule has 1 N–H and O–H groups in total. The number of ether oxygens (including phenoxy) is 1. The Morgan fingerprint density at radius 1 is 1.05 bits per heavy atom. The van der Waals surface area contributed by atoms with Crippen LogP contribution in [0.1, 0.15) is 37.4 Å². The molecule has 0 aliphatic carbocycles. The highest BCUT2D eigenvalue weighted by atomic mass is 16.5. The molecule has 1 fully saturated rings. The van der Waals surface area contributed by atoms with Crippen LogP contribution in [0.5, 0.6) is 0 Å². The Labute approximate surface area is 237 Å². The molecule has 0 saturated carbocycles. The molecule has 2 aliphatic rings. The van der Waals surface area contributed by atoms with E-state index in [0.717, 1.165) is 73.8 Å². The van der Waals surface area contributed by atoms with Gasteiger partial charge < -0.3 is 19.5 Å². The van der Waals surface area contributed by atoms with Crippen LogP contribution in [0.15, 0.2) is 83.6 Å². The van der Waals surface area contributed by atoms with E-state index < -0.39 is 0 Å². The summed E-state index contributed by atoms with van der Waals surface area (Å²) in [5, 5.41) is 0. The zero-order valence-corrected chi connectivity index (χ0v) is 23.8. The van der Waals surface area contributed by atoms with Gasteiger partial charge in [-0.25, -0.2) is 9.98 Å². The number of aryl methyl sites for hydroxylation is 2. The van der Waals surface area contributed by atoms with Crippen LogP contribution in [-0.2, 0) is 16.0 Å². The smallest absolute Gasteiger partial charge is 0.222 e. The van der Waals surface area contributed by atoms with Crippen molar-refractivity contribution in [3.8, 4) is 22.6 Å². The van der Waals surface area contributed by atoms with E-state index in [9.17, 15) is 4.79 Å². The third kappa shape index (κ3) is 6.53. The summed E-state index contributed by atoms with van der Waals surface area (Å²) in [5.74, 6) is 2.09. The molecule has 1 amide bonds. The fourth-order valence-electron chi connectivity index (χ4n) is 5.48. The highest BCUT2D eigenvalue weighted by molar-refractivity contribution is 5.88. The van der Waals surface area contributed by atoms with E-state index in [0.29, 0.717) is 18.2 Å². The summed E-state index contributed by atoms with van der Waals surface area (Å²) in [6, 6.07) is 18.7. The number of carbonyl (C=O) groups is 1. The molecular weight excluding hydrogens is 498 g/mol. The second-order valence-electron chi connectivity index (χ2n) is 10.6. The van der Waals surface area contributed by atoms with Gasteiger partial charge in [0.15, 0.2) is 0 Å². The quantitative estimate of drug-likeness (QED) is 0.401. The first-order chi connectivity index (χ1) is 19.5. The summed E-state index contributed by atoms with van der Waals surface area (Å²) in [6.45, 7) is 7.43. The van der Waals surface area contributed by atoms with Crippen molar-refractivity contribution in [1.29, 1.82) is 0 Å². The van der Waals surface area contributed by atoms with Gasteiger partial charge in [-0.2, -0.15) is 0 Å². The van der Waals surface area contributed by atoms with Crippen LogP contribution in [0.3, 0.4) is 0 Å². The van der Waals surface area contributed by atoms with E-state index in [1.807, 2.05) is 35.4 Å². The number of rotatable bonds is 7. The van der Waals surface area contributed by atoms with Crippen LogP contribution in [0, 0.1) is 12.8 Å². The van der Waals surface area contributed by atoms with Crippen molar-refractivity contribution in [3.63, 3.8) is 0 Å². The number of H-pyrrole nitrogens is 1. The number of amides is 1. The number of aromatic amines is 1. The highest BCUT2D eigenvalue weighted by Crippen LogP contribution is 2.28.